The van der Waals surface area contributed by atoms with Gasteiger partial charge in [0.1, 0.15) is 6.04 Å². The van der Waals surface area contributed by atoms with Crippen LogP contribution >= 0.6 is 0 Å². The Labute approximate surface area is 113 Å². The molecular weight excluding hydrogens is 242 g/mol. The fraction of sp³-hybridized carbons (Fsp3) is 0.467. The number of carboxylic acids is 1. The number of carbonyl (C=O) groups excluding carboxylic acids is 1. The van der Waals surface area contributed by atoms with Crippen molar-refractivity contribution in [3.8, 4) is 0 Å². The molecule has 1 aromatic rings. The van der Waals surface area contributed by atoms with Gasteiger partial charge >= 0.3 is 5.97 Å². The Morgan fingerprint density at radius 3 is 2.32 bits per heavy atom. The Hall–Kier alpha value is -1.84. The first-order chi connectivity index (χ1) is 8.81. The normalized spacial score (nSPS) is 12.3. The molecule has 0 fully saturated rings. The molecule has 0 bridgehead atoms. The Morgan fingerprint density at radius 2 is 1.84 bits per heavy atom. The summed E-state index contributed by atoms with van der Waals surface area (Å²) in [5, 5.41) is 11.6. The van der Waals surface area contributed by atoms with E-state index in [1.165, 1.54) is 5.56 Å². The van der Waals surface area contributed by atoms with Crippen molar-refractivity contribution in [3.63, 3.8) is 0 Å². The van der Waals surface area contributed by atoms with E-state index in [1.54, 1.807) is 13.8 Å². The van der Waals surface area contributed by atoms with Gasteiger partial charge < -0.3 is 10.4 Å². The van der Waals surface area contributed by atoms with Gasteiger partial charge in [0.2, 0.25) is 5.91 Å². The van der Waals surface area contributed by atoms with Crippen molar-refractivity contribution in [3.05, 3.63) is 34.9 Å². The first-order valence-electron chi connectivity index (χ1n) is 6.39. The van der Waals surface area contributed by atoms with Crippen LogP contribution in [0.15, 0.2) is 18.2 Å². The van der Waals surface area contributed by atoms with Crippen molar-refractivity contribution < 1.29 is 14.7 Å². The zero-order valence-electron chi connectivity index (χ0n) is 11.9. The zero-order valence-corrected chi connectivity index (χ0v) is 11.9. The monoisotopic (exact) mass is 263 g/mol. The first-order valence-corrected chi connectivity index (χ1v) is 6.39. The third-order valence-electron chi connectivity index (χ3n) is 3.19. The summed E-state index contributed by atoms with van der Waals surface area (Å²) in [6.07, 6.45) is 0.206. The number of carboxylic acid groups (broad SMARTS) is 1. The molecule has 0 aromatic heterocycles. The number of hydrogen-bond acceptors (Lipinski definition) is 2. The van der Waals surface area contributed by atoms with Crippen LogP contribution in [0.5, 0.6) is 0 Å². The number of benzene rings is 1. The predicted molar refractivity (Wildman–Crippen MR) is 74.0 cm³/mol. The molecule has 1 atom stereocenters. The first kappa shape index (κ1) is 15.2. The predicted octanol–water partition coefficient (Wildman–Crippen LogP) is 2.07. The summed E-state index contributed by atoms with van der Waals surface area (Å²) in [4.78, 5) is 22.9. The molecule has 104 valence electrons. The maximum absolute atomic E-state index is 11.9. The van der Waals surface area contributed by atoms with Gasteiger partial charge in [-0.3, -0.25) is 4.79 Å². The number of hydrogen-bond donors (Lipinski definition) is 2. The molecule has 1 aromatic carbocycles. The van der Waals surface area contributed by atoms with E-state index in [4.69, 9.17) is 5.11 Å². The average molecular weight is 263 g/mol. The fourth-order valence-corrected chi connectivity index (χ4v) is 1.84. The van der Waals surface area contributed by atoms with E-state index in [-0.39, 0.29) is 18.2 Å². The number of nitrogens with one attached hydrogen (secondary N) is 1. The van der Waals surface area contributed by atoms with Crippen LogP contribution in [0, 0.1) is 19.8 Å². The van der Waals surface area contributed by atoms with Gasteiger partial charge in [-0.1, -0.05) is 32.0 Å². The van der Waals surface area contributed by atoms with E-state index in [0.29, 0.717) is 0 Å². The largest absolute Gasteiger partial charge is 0.480 e. The highest BCUT2D eigenvalue weighted by Crippen LogP contribution is 2.10. The molecule has 0 unspecified atom stereocenters. The standard InChI is InChI=1S/C15H21NO3/c1-9(2)14(15(18)19)16-13(17)8-12-6-5-10(3)11(4)7-12/h5-7,9,14H,8H2,1-4H3,(H,16,17)(H,18,19)/t14-/m0/s1. The highest BCUT2D eigenvalue weighted by molar-refractivity contribution is 5.85. The highest BCUT2D eigenvalue weighted by Gasteiger charge is 2.23. The minimum atomic E-state index is -0.997. The zero-order chi connectivity index (χ0) is 14.6. The van der Waals surface area contributed by atoms with Crippen LogP contribution in [0.1, 0.15) is 30.5 Å². The van der Waals surface area contributed by atoms with Gasteiger partial charge in [0.05, 0.1) is 6.42 Å². The number of carbonyl (C=O) groups is 2. The second-order valence-electron chi connectivity index (χ2n) is 5.22. The van der Waals surface area contributed by atoms with E-state index in [1.807, 2.05) is 32.0 Å². The Kier molecular flexibility index (Phi) is 5.10. The molecule has 0 spiro atoms. The summed E-state index contributed by atoms with van der Waals surface area (Å²) in [5.41, 5.74) is 3.20. The lowest BCUT2D eigenvalue weighted by Crippen LogP contribution is -2.44. The van der Waals surface area contributed by atoms with E-state index in [0.717, 1.165) is 11.1 Å². The van der Waals surface area contributed by atoms with Crippen LogP contribution in [-0.4, -0.2) is 23.0 Å². The molecule has 4 nitrogen and oxygen atoms in total. The van der Waals surface area contributed by atoms with Crippen molar-refractivity contribution in [2.45, 2.75) is 40.2 Å². The van der Waals surface area contributed by atoms with Crippen LogP contribution in [0.2, 0.25) is 0 Å². The molecule has 1 amide bonds. The number of amides is 1. The summed E-state index contributed by atoms with van der Waals surface area (Å²) in [5.74, 6) is -1.39. The summed E-state index contributed by atoms with van der Waals surface area (Å²) in [7, 11) is 0. The molecule has 2 N–H and O–H groups in total. The van der Waals surface area contributed by atoms with Gasteiger partial charge in [-0.05, 0) is 36.5 Å². The molecule has 4 heteroatoms. The molecular formula is C15H21NO3. The summed E-state index contributed by atoms with van der Waals surface area (Å²) in [6.45, 7) is 7.55. The minimum absolute atomic E-state index is 0.138. The second kappa shape index (κ2) is 6.36. The van der Waals surface area contributed by atoms with Gasteiger partial charge in [0.15, 0.2) is 0 Å². The molecule has 0 aliphatic carbocycles. The van der Waals surface area contributed by atoms with Crippen molar-refractivity contribution >= 4 is 11.9 Å². The smallest absolute Gasteiger partial charge is 0.326 e. The van der Waals surface area contributed by atoms with Gasteiger partial charge in [-0.25, -0.2) is 4.79 Å². The van der Waals surface area contributed by atoms with Crippen LogP contribution in [0.4, 0.5) is 0 Å². The molecule has 0 aliphatic rings. The summed E-state index contributed by atoms with van der Waals surface area (Å²) < 4.78 is 0. The molecule has 0 heterocycles. The average Bonchev–Trinajstić information content (AvgIpc) is 2.30. The lowest BCUT2D eigenvalue weighted by molar-refractivity contribution is -0.143. The lowest BCUT2D eigenvalue weighted by atomic mass is 10.0. The molecule has 19 heavy (non-hydrogen) atoms. The van der Waals surface area contributed by atoms with E-state index < -0.39 is 12.0 Å². The Morgan fingerprint density at radius 1 is 1.21 bits per heavy atom. The van der Waals surface area contributed by atoms with Gasteiger partial charge in [0, 0.05) is 0 Å². The molecule has 0 aliphatic heterocycles. The third kappa shape index (κ3) is 4.39. The topological polar surface area (TPSA) is 66.4 Å². The molecule has 1 rings (SSSR count). The van der Waals surface area contributed by atoms with Crippen molar-refractivity contribution in [2.75, 3.05) is 0 Å². The van der Waals surface area contributed by atoms with Crippen molar-refractivity contribution in [1.82, 2.24) is 5.32 Å². The van der Waals surface area contributed by atoms with E-state index >= 15 is 0 Å². The van der Waals surface area contributed by atoms with Crippen molar-refractivity contribution in [1.29, 1.82) is 0 Å². The Balaban J connectivity index is 2.69. The summed E-state index contributed by atoms with van der Waals surface area (Å²) >= 11 is 0. The summed E-state index contributed by atoms with van der Waals surface area (Å²) in [6, 6.07) is 4.99. The second-order valence-corrected chi connectivity index (χ2v) is 5.22. The van der Waals surface area contributed by atoms with Gasteiger partial charge in [-0.2, -0.15) is 0 Å². The fourth-order valence-electron chi connectivity index (χ4n) is 1.84. The van der Waals surface area contributed by atoms with Crippen molar-refractivity contribution in [2.24, 2.45) is 5.92 Å². The van der Waals surface area contributed by atoms with Gasteiger partial charge in [-0.15, -0.1) is 0 Å². The third-order valence-corrected chi connectivity index (χ3v) is 3.19. The Bertz CT molecular complexity index is 480. The molecule has 0 saturated carbocycles. The number of aryl methyl sites for hydroxylation is 2. The molecule has 0 radical (unpaired) electrons. The molecule has 0 saturated heterocycles. The SMILES string of the molecule is Cc1ccc(CC(=O)N[C@H](C(=O)O)C(C)C)cc1C. The quantitative estimate of drug-likeness (QED) is 0.854. The minimum Gasteiger partial charge on any atom is -0.480 e. The van der Waals surface area contributed by atoms with Crippen LogP contribution < -0.4 is 5.32 Å². The van der Waals surface area contributed by atoms with Crippen LogP contribution in [0.3, 0.4) is 0 Å². The van der Waals surface area contributed by atoms with E-state index in [2.05, 4.69) is 5.32 Å². The van der Waals surface area contributed by atoms with Crippen LogP contribution in [-0.2, 0) is 16.0 Å². The number of rotatable bonds is 5. The van der Waals surface area contributed by atoms with Gasteiger partial charge in [0.25, 0.3) is 0 Å². The number of aliphatic carboxylic acids is 1. The highest BCUT2D eigenvalue weighted by atomic mass is 16.4. The maximum atomic E-state index is 11.9. The van der Waals surface area contributed by atoms with E-state index in [9.17, 15) is 9.59 Å². The maximum Gasteiger partial charge on any atom is 0.326 e. The lowest BCUT2D eigenvalue weighted by Gasteiger charge is -2.18. The van der Waals surface area contributed by atoms with Crippen LogP contribution in [0.25, 0.3) is 0 Å².